The molecule has 0 unspecified atom stereocenters. The fraction of sp³-hybridized carbons (Fsp3) is 0.188. The minimum absolute atomic E-state index is 0.166. The molecule has 0 aliphatic carbocycles. The zero-order valence-electron chi connectivity index (χ0n) is 11.1. The van der Waals surface area contributed by atoms with Crippen LogP contribution in [0.15, 0.2) is 53.4 Å². The van der Waals surface area contributed by atoms with E-state index in [0.717, 1.165) is 29.2 Å². The Morgan fingerprint density at radius 2 is 1.95 bits per heavy atom. The number of fused-ring (bicyclic) bond motifs is 1. The third-order valence-electron chi connectivity index (χ3n) is 3.36. The molecule has 3 nitrogen and oxygen atoms in total. The summed E-state index contributed by atoms with van der Waals surface area (Å²) in [5.41, 5.74) is 8.54. The molecule has 0 saturated carbocycles. The molecule has 4 heteroatoms. The molecule has 0 atom stereocenters. The van der Waals surface area contributed by atoms with Gasteiger partial charge in [-0.2, -0.15) is 0 Å². The van der Waals surface area contributed by atoms with Crippen LogP contribution in [0.1, 0.15) is 5.56 Å². The number of hydrogen-bond donors (Lipinski definition) is 1. The van der Waals surface area contributed by atoms with Crippen molar-refractivity contribution in [2.45, 2.75) is 11.3 Å². The lowest BCUT2D eigenvalue weighted by Crippen LogP contribution is -2.28. The molecule has 20 heavy (non-hydrogen) atoms. The maximum Gasteiger partial charge on any atom is 0.231 e. The normalized spacial score (nSPS) is 13.6. The van der Waals surface area contributed by atoms with Crippen LogP contribution < -0.4 is 10.6 Å². The van der Waals surface area contributed by atoms with E-state index in [0.29, 0.717) is 6.42 Å². The maximum atomic E-state index is 12.1. The first-order valence-corrected chi connectivity index (χ1v) is 7.59. The van der Waals surface area contributed by atoms with Gasteiger partial charge in [0.15, 0.2) is 0 Å². The summed E-state index contributed by atoms with van der Waals surface area (Å²) in [4.78, 5) is 15.2. The van der Waals surface area contributed by atoms with Crippen LogP contribution >= 0.6 is 11.8 Å². The van der Waals surface area contributed by atoms with Crippen molar-refractivity contribution in [2.24, 2.45) is 0 Å². The highest BCUT2D eigenvalue weighted by molar-refractivity contribution is 7.99. The Kier molecular flexibility index (Phi) is 3.65. The summed E-state index contributed by atoms with van der Waals surface area (Å²) in [5.74, 6) is 1.05. The molecule has 0 saturated heterocycles. The number of rotatable bonds is 4. The van der Waals surface area contributed by atoms with Gasteiger partial charge >= 0.3 is 0 Å². The van der Waals surface area contributed by atoms with E-state index in [4.69, 9.17) is 5.73 Å². The molecule has 1 heterocycles. The topological polar surface area (TPSA) is 46.3 Å². The fourth-order valence-electron chi connectivity index (χ4n) is 2.42. The van der Waals surface area contributed by atoms with Crippen molar-refractivity contribution in [1.29, 1.82) is 0 Å². The monoisotopic (exact) mass is 284 g/mol. The first-order chi connectivity index (χ1) is 9.74. The predicted octanol–water partition coefficient (Wildman–Crippen LogP) is 2.95. The van der Waals surface area contributed by atoms with Gasteiger partial charge in [-0.3, -0.25) is 4.79 Å². The molecule has 0 fully saturated rings. The van der Waals surface area contributed by atoms with Gasteiger partial charge in [0.2, 0.25) is 5.91 Å². The van der Waals surface area contributed by atoms with Crippen molar-refractivity contribution < 1.29 is 4.79 Å². The summed E-state index contributed by atoms with van der Waals surface area (Å²) in [6, 6.07) is 15.9. The van der Waals surface area contributed by atoms with Crippen LogP contribution in [-0.2, 0) is 11.2 Å². The van der Waals surface area contributed by atoms with Crippen molar-refractivity contribution in [2.75, 3.05) is 22.9 Å². The number of benzene rings is 2. The van der Waals surface area contributed by atoms with Gasteiger partial charge in [0.1, 0.15) is 0 Å². The smallest absolute Gasteiger partial charge is 0.231 e. The Labute approximate surface area is 122 Å². The Balaban J connectivity index is 1.65. The minimum Gasteiger partial charge on any atom is -0.399 e. The number of anilines is 2. The first kappa shape index (κ1) is 13.1. The number of nitrogen functional groups attached to an aromatic ring is 1. The summed E-state index contributed by atoms with van der Waals surface area (Å²) < 4.78 is 0. The van der Waals surface area contributed by atoms with Crippen molar-refractivity contribution >= 4 is 29.0 Å². The van der Waals surface area contributed by atoms with Crippen LogP contribution in [0, 0.1) is 0 Å². The highest BCUT2D eigenvalue weighted by atomic mass is 32.2. The second-order valence-electron chi connectivity index (χ2n) is 4.77. The van der Waals surface area contributed by atoms with Crippen molar-refractivity contribution in [3.05, 3.63) is 54.1 Å². The molecule has 1 aliphatic rings. The maximum absolute atomic E-state index is 12.1. The second kappa shape index (κ2) is 5.59. The molecule has 2 aromatic carbocycles. The fourth-order valence-corrected chi connectivity index (χ4v) is 3.28. The molecular formula is C16H16N2OS. The molecule has 0 radical (unpaired) electrons. The quantitative estimate of drug-likeness (QED) is 0.693. The highest BCUT2D eigenvalue weighted by Crippen LogP contribution is 2.31. The number of amides is 1. The molecule has 0 bridgehead atoms. The van der Waals surface area contributed by atoms with Crippen LogP contribution in [0.25, 0.3) is 0 Å². The van der Waals surface area contributed by atoms with Gasteiger partial charge in [-0.1, -0.05) is 18.2 Å². The molecule has 0 spiro atoms. The van der Waals surface area contributed by atoms with E-state index in [-0.39, 0.29) is 5.91 Å². The van der Waals surface area contributed by atoms with Gasteiger partial charge in [0.05, 0.1) is 6.42 Å². The lowest BCUT2D eigenvalue weighted by Gasteiger charge is -2.17. The van der Waals surface area contributed by atoms with E-state index >= 15 is 0 Å². The summed E-state index contributed by atoms with van der Waals surface area (Å²) in [7, 11) is 0. The van der Waals surface area contributed by atoms with Crippen LogP contribution in [0.5, 0.6) is 0 Å². The largest absolute Gasteiger partial charge is 0.399 e. The van der Waals surface area contributed by atoms with Gasteiger partial charge in [-0.25, -0.2) is 0 Å². The number of nitrogens with two attached hydrogens (primary N) is 1. The standard InChI is InChI=1S/C16H16N2OS/c17-13-6-7-15-12(10-13)11-16(19)18(15)8-9-20-14-4-2-1-3-5-14/h1-7,10H,8-9,11,17H2. The van der Waals surface area contributed by atoms with Crippen molar-refractivity contribution in [1.82, 2.24) is 0 Å². The molecule has 2 N–H and O–H groups in total. The van der Waals surface area contributed by atoms with E-state index in [9.17, 15) is 4.79 Å². The highest BCUT2D eigenvalue weighted by Gasteiger charge is 2.26. The lowest BCUT2D eigenvalue weighted by atomic mass is 10.1. The number of carbonyl (C=O) groups excluding carboxylic acids is 1. The molecule has 1 amide bonds. The van der Waals surface area contributed by atoms with E-state index < -0.39 is 0 Å². The summed E-state index contributed by atoms with van der Waals surface area (Å²) >= 11 is 1.77. The van der Waals surface area contributed by atoms with E-state index in [2.05, 4.69) is 12.1 Å². The zero-order chi connectivity index (χ0) is 13.9. The first-order valence-electron chi connectivity index (χ1n) is 6.60. The molecule has 102 valence electrons. The number of thioether (sulfide) groups is 1. The Hall–Kier alpha value is -1.94. The molecule has 1 aliphatic heterocycles. The van der Waals surface area contributed by atoms with Crippen molar-refractivity contribution in [3.63, 3.8) is 0 Å². The molecule has 0 aromatic heterocycles. The van der Waals surface area contributed by atoms with Crippen LogP contribution in [0.2, 0.25) is 0 Å². The Bertz CT molecular complexity index is 628. The van der Waals surface area contributed by atoms with E-state index in [1.54, 1.807) is 11.8 Å². The third kappa shape index (κ3) is 2.65. The van der Waals surface area contributed by atoms with Gasteiger partial charge < -0.3 is 10.6 Å². The zero-order valence-corrected chi connectivity index (χ0v) is 11.9. The number of nitrogens with zero attached hydrogens (tertiary/aromatic N) is 1. The average molecular weight is 284 g/mol. The van der Waals surface area contributed by atoms with Crippen LogP contribution in [0.4, 0.5) is 11.4 Å². The van der Waals surface area contributed by atoms with Gasteiger partial charge in [-0.05, 0) is 35.9 Å². The second-order valence-corrected chi connectivity index (χ2v) is 5.94. The van der Waals surface area contributed by atoms with Crippen LogP contribution in [0.3, 0.4) is 0 Å². The molecular weight excluding hydrogens is 268 g/mol. The van der Waals surface area contributed by atoms with Gasteiger partial charge in [0, 0.05) is 28.6 Å². The minimum atomic E-state index is 0.166. The lowest BCUT2D eigenvalue weighted by molar-refractivity contribution is -0.117. The van der Waals surface area contributed by atoms with E-state index in [1.165, 1.54) is 4.90 Å². The number of carbonyl (C=O) groups is 1. The predicted molar refractivity (Wildman–Crippen MR) is 84.1 cm³/mol. The van der Waals surface area contributed by atoms with Crippen molar-refractivity contribution in [3.8, 4) is 0 Å². The third-order valence-corrected chi connectivity index (χ3v) is 4.36. The summed E-state index contributed by atoms with van der Waals surface area (Å²) in [6.07, 6.45) is 0.469. The summed E-state index contributed by atoms with van der Waals surface area (Å²) in [5, 5.41) is 0. The van der Waals surface area contributed by atoms with Gasteiger partial charge in [-0.15, -0.1) is 11.8 Å². The van der Waals surface area contributed by atoms with Crippen LogP contribution in [-0.4, -0.2) is 18.2 Å². The SMILES string of the molecule is Nc1ccc2c(c1)CC(=O)N2CCSc1ccccc1. The number of hydrogen-bond acceptors (Lipinski definition) is 3. The molecule has 2 aromatic rings. The Morgan fingerprint density at radius 3 is 2.75 bits per heavy atom. The van der Waals surface area contributed by atoms with E-state index in [1.807, 2.05) is 41.3 Å². The average Bonchev–Trinajstić information content (AvgIpc) is 2.75. The summed E-state index contributed by atoms with van der Waals surface area (Å²) in [6.45, 7) is 0.731. The van der Waals surface area contributed by atoms with Gasteiger partial charge in [0.25, 0.3) is 0 Å². The Morgan fingerprint density at radius 1 is 1.15 bits per heavy atom. The molecule has 3 rings (SSSR count).